The maximum absolute atomic E-state index is 13.5. The van der Waals surface area contributed by atoms with Crippen molar-refractivity contribution < 1.29 is 23.9 Å². The van der Waals surface area contributed by atoms with Crippen molar-refractivity contribution >= 4 is 77.8 Å². The third kappa shape index (κ3) is 16.5. The van der Waals surface area contributed by atoms with Gasteiger partial charge in [0.2, 0.25) is 0 Å². The zero-order valence-electron chi connectivity index (χ0n) is 27.2. The van der Waals surface area contributed by atoms with Crippen molar-refractivity contribution in [2.75, 3.05) is 13.7 Å². The predicted molar refractivity (Wildman–Crippen MR) is 196 cm³/mol. The Kier molecular flexibility index (Phi) is 20.1. The van der Waals surface area contributed by atoms with Crippen LogP contribution in [0, 0.1) is 5.92 Å². The number of hydrogen-bond acceptors (Lipinski definition) is 9. The van der Waals surface area contributed by atoms with Gasteiger partial charge in [-0.1, -0.05) is 34.1 Å². The molecule has 2 aromatic rings. The van der Waals surface area contributed by atoms with Crippen LogP contribution < -0.4 is 10.6 Å². The van der Waals surface area contributed by atoms with E-state index in [9.17, 15) is 14.4 Å². The summed E-state index contributed by atoms with van der Waals surface area (Å²) in [5.41, 5.74) is 2.07. The zero-order valence-corrected chi connectivity index (χ0v) is 33.1. The monoisotopic (exact) mass is 877 g/mol. The van der Waals surface area contributed by atoms with Crippen molar-refractivity contribution in [3.63, 3.8) is 0 Å². The van der Waals surface area contributed by atoms with E-state index in [2.05, 4.69) is 78.6 Å². The number of hydrogen-bond donors (Lipinski definition) is 2. The second kappa shape index (κ2) is 21.6. The molecule has 0 aromatic carbocycles. The second-order valence-electron chi connectivity index (χ2n) is 11.9. The van der Waals surface area contributed by atoms with Gasteiger partial charge in [0.25, 0.3) is 0 Å². The third-order valence-corrected chi connectivity index (χ3v) is 8.76. The molecule has 0 aliphatic rings. The Balaban J connectivity index is 0.00000474. The third-order valence-electron chi connectivity index (χ3n) is 6.81. The summed E-state index contributed by atoms with van der Waals surface area (Å²) in [7, 11) is 1.70. The number of rotatable bonds is 17. The van der Waals surface area contributed by atoms with Crippen molar-refractivity contribution in [2.24, 2.45) is 5.92 Å². The Morgan fingerprint density at radius 1 is 1.07 bits per heavy atom. The highest BCUT2D eigenvalue weighted by Gasteiger charge is 2.27. The maximum atomic E-state index is 13.5. The van der Waals surface area contributed by atoms with Gasteiger partial charge in [-0.05, 0) is 46.0 Å². The van der Waals surface area contributed by atoms with E-state index in [1.807, 2.05) is 33.1 Å². The van der Waals surface area contributed by atoms with Crippen LogP contribution >= 0.6 is 59.9 Å². The smallest absolute Gasteiger partial charge is 0.407 e. The molecule has 44 heavy (non-hydrogen) atoms. The lowest BCUT2D eigenvalue weighted by Crippen LogP contribution is -2.50. The fraction of sp³-hybridized carbons (Fsp3) is 0.700. The molecule has 2 N–H and O–H groups in total. The molecule has 0 spiro atoms. The van der Waals surface area contributed by atoms with Gasteiger partial charge in [0, 0.05) is 74.2 Å². The Bertz CT molecular complexity index is 1110. The summed E-state index contributed by atoms with van der Waals surface area (Å²) in [5.74, 6) is 0.378. The van der Waals surface area contributed by atoms with Crippen molar-refractivity contribution in [3.05, 3.63) is 32.7 Å². The summed E-state index contributed by atoms with van der Waals surface area (Å²) in [4.78, 5) is 49.9. The van der Waals surface area contributed by atoms with Crippen molar-refractivity contribution in [3.8, 4) is 0 Å². The van der Waals surface area contributed by atoms with Crippen LogP contribution in [-0.4, -0.2) is 64.1 Å². The summed E-state index contributed by atoms with van der Waals surface area (Å²) in [6, 6.07) is -1.17. The number of carbonyl (C=O) groups excluding carboxylic acids is 3. The lowest BCUT2D eigenvalue weighted by atomic mass is 9.90. The number of nitrogens with zero attached hydrogens (tertiary/aromatic N) is 3. The highest BCUT2D eigenvalue weighted by atomic mass is 128. The van der Waals surface area contributed by atoms with E-state index in [0.29, 0.717) is 18.9 Å². The van der Waals surface area contributed by atoms with E-state index < -0.39 is 17.7 Å². The van der Waals surface area contributed by atoms with Gasteiger partial charge in [-0.15, -0.1) is 22.7 Å². The van der Waals surface area contributed by atoms with Gasteiger partial charge < -0.3 is 25.0 Å². The van der Waals surface area contributed by atoms with Crippen LogP contribution in [0.5, 0.6) is 0 Å². The van der Waals surface area contributed by atoms with Gasteiger partial charge in [-0.3, -0.25) is 9.78 Å². The number of urea groups is 1. The molecule has 0 aliphatic heterocycles. The summed E-state index contributed by atoms with van der Waals surface area (Å²) >= 11 is 7.27. The van der Waals surface area contributed by atoms with Gasteiger partial charge >= 0.3 is 12.1 Å². The lowest BCUT2D eigenvalue weighted by molar-refractivity contribution is -0.125. The Labute approximate surface area is 294 Å². The summed E-state index contributed by atoms with van der Waals surface area (Å²) < 4.78 is 11.2. The Morgan fingerprint density at radius 3 is 2.32 bits per heavy atom. The highest BCUT2D eigenvalue weighted by Crippen LogP contribution is 2.21. The average molecular weight is 878 g/mol. The Hall–Kier alpha value is -1.11. The van der Waals surface area contributed by atoms with Crippen LogP contribution in [0.15, 0.2) is 17.1 Å². The molecular formula is C30H49I2N5O5S2. The minimum absolute atomic E-state index is 0.0570. The largest absolute Gasteiger partial charge is 0.444 e. The van der Waals surface area contributed by atoms with Gasteiger partial charge in [-0.25, -0.2) is 14.6 Å². The molecule has 0 bridgehead atoms. The number of carbonyl (C=O) groups is 3. The molecule has 0 aliphatic carbocycles. The number of halogens is 2. The molecule has 250 valence electrons. The van der Waals surface area contributed by atoms with Crippen LogP contribution in [0.4, 0.5) is 9.59 Å². The molecule has 0 saturated heterocycles. The molecule has 10 nitrogen and oxygen atoms in total. The first-order valence-electron chi connectivity index (χ1n) is 14.9. The highest BCUT2D eigenvalue weighted by molar-refractivity contribution is 15.0. The van der Waals surface area contributed by atoms with Crippen LogP contribution in [-0.2, 0) is 27.4 Å². The standard InChI is InChI=1S/C30H49N5O5S2.I2/c1-9-21(11-12-22(10-2)33-29(38)39-16-24-14-31-19-42-24)13-26(36)25(17-40-30(5,6)7)34-28(37)35(8)15-23-18-41-27(32-23)20(3)4;1-2/h14,18-22,25H,9-13,15-17H2,1-8H3,(H,33,38)(H,34,37);/t21-,22-,25-;/m0./s1. The summed E-state index contributed by atoms with van der Waals surface area (Å²) in [6.07, 6.45) is 4.59. The predicted octanol–water partition coefficient (Wildman–Crippen LogP) is 8.29. The number of amides is 3. The summed E-state index contributed by atoms with van der Waals surface area (Å²) in [5, 5.41) is 8.85. The van der Waals surface area contributed by atoms with Gasteiger partial charge in [0.1, 0.15) is 12.6 Å². The molecule has 2 rings (SSSR count). The number of Topliss-reactive ketones (excluding diaryl/α,β-unsaturated/α-hetero) is 1. The SMILES string of the molecule is CC[C@@H](CC[C@H](CC)NC(=O)OCc1cncs1)CC(=O)[C@H](COC(C)(C)C)NC(=O)N(C)Cc1csc(C(C)C)n1.II. The lowest BCUT2D eigenvalue weighted by Gasteiger charge is -2.27. The van der Waals surface area contributed by atoms with E-state index in [-0.39, 0.29) is 37.0 Å². The van der Waals surface area contributed by atoms with Crippen molar-refractivity contribution in [2.45, 2.75) is 117 Å². The Morgan fingerprint density at radius 2 is 1.77 bits per heavy atom. The fourth-order valence-corrected chi connectivity index (χ4v) is 5.47. The molecule has 0 unspecified atom stereocenters. The number of alkyl carbamates (subject to hydrolysis) is 1. The van der Waals surface area contributed by atoms with E-state index in [0.717, 1.165) is 41.3 Å². The van der Waals surface area contributed by atoms with Gasteiger partial charge in [0.05, 0.1) is 39.8 Å². The topological polar surface area (TPSA) is 123 Å². The molecular weight excluding hydrogens is 828 g/mol. The fourth-order valence-electron chi connectivity index (χ4n) is 4.13. The first-order valence-corrected chi connectivity index (χ1v) is 22.9. The van der Waals surface area contributed by atoms with Crippen molar-refractivity contribution in [1.82, 2.24) is 25.5 Å². The zero-order chi connectivity index (χ0) is 33.3. The minimum Gasteiger partial charge on any atom is -0.444 e. The van der Waals surface area contributed by atoms with Crippen molar-refractivity contribution in [1.29, 1.82) is 0 Å². The maximum Gasteiger partial charge on any atom is 0.407 e. The normalized spacial score (nSPS) is 13.3. The molecule has 0 radical (unpaired) electrons. The molecule has 2 heterocycles. The van der Waals surface area contributed by atoms with Crippen LogP contribution in [0.1, 0.15) is 102 Å². The van der Waals surface area contributed by atoms with Gasteiger partial charge in [-0.2, -0.15) is 0 Å². The summed E-state index contributed by atoms with van der Waals surface area (Å²) in [6.45, 7) is 14.7. The minimum atomic E-state index is -0.767. The molecule has 2 aromatic heterocycles. The van der Waals surface area contributed by atoms with E-state index in [4.69, 9.17) is 9.47 Å². The first kappa shape index (κ1) is 40.9. The number of aromatic nitrogens is 2. The molecule has 3 amide bonds. The number of nitrogens with one attached hydrogen (secondary N) is 2. The first-order chi connectivity index (χ1) is 20.8. The number of ether oxygens (including phenoxy) is 2. The average Bonchev–Trinajstić information content (AvgIpc) is 3.68. The van der Waals surface area contributed by atoms with E-state index in [1.54, 1.807) is 35.0 Å². The molecule has 14 heteroatoms. The van der Waals surface area contributed by atoms with E-state index >= 15 is 0 Å². The van der Waals surface area contributed by atoms with Crippen LogP contribution in [0.2, 0.25) is 0 Å². The number of ketones is 1. The number of thiazole rings is 2. The van der Waals surface area contributed by atoms with E-state index in [1.165, 1.54) is 11.3 Å². The van der Waals surface area contributed by atoms with Gasteiger partial charge in [0.15, 0.2) is 5.78 Å². The van der Waals surface area contributed by atoms with Crippen LogP contribution in [0.25, 0.3) is 0 Å². The molecule has 3 atom stereocenters. The quantitative estimate of drug-likeness (QED) is 0.154. The molecule has 0 saturated carbocycles. The molecule has 0 fully saturated rings. The van der Waals surface area contributed by atoms with Crippen LogP contribution in [0.3, 0.4) is 0 Å². The second-order valence-corrected chi connectivity index (χ2v) is 13.8.